The number of carbonyl (C=O) groups excluding carboxylic acids is 1. The Balaban J connectivity index is 1.81. The Labute approximate surface area is 155 Å². The van der Waals surface area contributed by atoms with Crippen LogP contribution < -0.4 is 10.9 Å². The van der Waals surface area contributed by atoms with Crippen molar-refractivity contribution in [1.29, 1.82) is 0 Å². The van der Waals surface area contributed by atoms with Gasteiger partial charge in [0, 0.05) is 19.3 Å². The predicted octanol–water partition coefficient (Wildman–Crippen LogP) is 2.29. The lowest BCUT2D eigenvalue weighted by Gasteiger charge is -2.32. The molecule has 0 saturated carbocycles. The molecule has 1 atom stereocenters. The van der Waals surface area contributed by atoms with Crippen LogP contribution in [0.4, 0.5) is 11.5 Å². The quantitative estimate of drug-likeness (QED) is 0.885. The summed E-state index contributed by atoms with van der Waals surface area (Å²) >= 11 is 5.87. The van der Waals surface area contributed by atoms with Crippen molar-refractivity contribution in [3.05, 3.63) is 57.4 Å². The number of rotatable bonds is 3. The van der Waals surface area contributed by atoms with Crippen LogP contribution in [0.3, 0.4) is 0 Å². The van der Waals surface area contributed by atoms with Crippen LogP contribution in [-0.4, -0.2) is 38.2 Å². The summed E-state index contributed by atoms with van der Waals surface area (Å²) in [7, 11) is 1.51. The lowest BCUT2D eigenvalue weighted by Crippen LogP contribution is -2.42. The lowest BCUT2D eigenvalue weighted by atomic mass is 10.1. The summed E-state index contributed by atoms with van der Waals surface area (Å²) in [6.07, 6.45) is 3.04. The van der Waals surface area contributed by atoms with Gasteiger partial charge >= 0.3 is 0 Å². The molecular formula is C17H18ClN5O3. The number of carbonyl (C=O) groups is 1. The molecule has 0 radical (unpaired) electrons. The zero-order valence-electron chi connectivity index (χ0n) is 14.6. The van der Waals surface area contributed by atoms with Crippen molar-refractivity contribution in [3.8, 4) is 0 Å². The molecule has 0 bridgehead atoms. The number of aromatic nitrogens is 3. The summed E-state index contributed by atoms with van der Waals surface area (Å²) in [6, 6.07) is 4.65. The Hall–Kier alpha value is -2.87. The summed E-state index contributed by atoms with van der Waals surface area (Å²) in [4.78, 5) is 30.7. The Morgan fingerprint density at radius 3 is 2.85 bits per heavy atom. The van der Waals surface area contributed by atoms with Crippen LogP contribution in [0.25, 0.3) is 0 Å². The molecule has 2 aromatic heterocycles. The summed E-state index contributed by atoms with van der Waals surface area (Å²) in [5.41, 5.74) is 1.10. The van der Waals surface area contributed by atoms with E-state index in [9.17, 15) is 9.59 Å². The van der Waals surface area contributed by atoms with Crippen LogP contribution in [0.1, 0.15) is 24.2 Å². The van der Waals surface area contributed by atoms with Crippen molar-refractivity contribution >= 4 is 29.0 Å². The fraction of sp³-hybridized carbons (Fsp3) is 0.294. The molecule has 8 nitrogen and oxygen atoms in total. The highest BCUT2D eigenvalue weighted by Crippen LogP contribution is 2.20. The van der Waals surface area contributed by atoms with E-state index < -0.39 is 0 Å². The molecule has 26 heavy (non-hydrogen) atoms. The maximum absolute atomic E-state index is 12.7. The molecule has 0 spiro atoms. The molecule has 1 aliphatic heterocycles. The van der Waals surface area contributed by atoms with Crippen LogP contribution in [-0.2, 0) is 11.8 Å². The molecule has 9 heteroatoms. The van der Waals surface area contributed by atoms with Gasteiger partial charge in [0.25, 0.3) is 11.5 Å². The van der Waals surface area contributed by atoms with E-state index in [0.717, 1.165) is 10.4 Å². The smallest absolute Gasteiger partial charge is 0.290 e. The van der Waals surface area contributed by atoms with Crippen LogP contribution in [0, 0.1) is 0 Å². The number of aryl methyl sites for hydroxylation is 1. The molecule has 0 saturated heterocycles. The van der Waals surface area contributed by atoms with Crippen molar-refractivity contribution in [2.75, 3.05) is 11.9 Å². The van der Waals surface area contributed by atoms with E-state index >= 15 is 0 Å². The van der Waals surface area contributed by atoms with E-state index in [1.54, 1.807) is 23.3 Å². The fourth-order valence-corrected chi connectivity index (χ4v) is 2.90. The molecule has 0 fully saturated rings. The van der Waals surface area contributed by atoms with Gasteiger partial charge in [0.15, 0.2) is 5.15 Å². The SMILES string of the molecule is CC1=COC[C@@H](C)N1C(=O)c1ccc(Nc2cc(Cl)nn(C)c2=O)nc1. The van der Waals surface area contributed by atoms with Gasteiger partial charge in [-0.05, 0) is 26.0 Å². The highest BCUT2D eigenvalue weighted by molar-refractivity contribution is 6.29. The van der Waals surface area contributed by atoms with E-state index in [-0.39, 0.29) is 28.3 Å². The second kappa shape index (κ2) is 7.17. The summed E-state index contributed by atoms with van der Waals surface area (Å²) in [5, 5.41) is 6.90. The maximum Gasteiger partial charge on any atom is 0.290 e. The number of amides is 1. The minimum Gasteiger partial charge on any atom is -0.497 e. The van der Waals surface area contributed by atoms with E-state index in [0.29, 0.717) is 18.0 Å². The number of nitrogens with zero attached hydrogens (tertiary/aromatic N) is 4. The van der Waals surface area contributed by atoms with Gasteiger partial charge in [0.05, 0.1) is 17.3 Å². The fourth-order valence-electron chi connectivity index (χ4n) is 2.68. The standard InChI is InChI=1S/C17H18ClN5O3/c1-10-8-26-9-11(2)23(10)16(24)12-4-5-15(19-7-12)20-13-6-14(18)21-22(3)17(13)25/h4-8,11H,9H2,1-3H3,(H,19,20)/t11-/m1/s1. The first-order chi connectivity index (χ1) is 12.4. The van der Waals surface area contributed by atoms with Gasteiger partial charge in [-0.25, -0.2) is 9.67 Å². The highest BCUT2D eigenvalue weighted by Gasteiger charge is 2.26. The van der Waals surface area contributed by atoms with Gasteiger partial charge in [-0.3, -0.25) is 9.59 Å². The Morgan fingerprint density at radius 1 is 1.42 bits per heavy atom. The van der Waals surface area contributed by atoms with Gasteiger partial charge in [-0.15, -0.1) is 0 Å². The molecule has 0 unspecified atom stereocenters. The Kier molecular flexibility index (Phi) is 4.94. The first-order valence-corrected chi connectivity index (χ1v) is 8.33. The zero-order chi connectivity index (χ0) is 18.8. The third kappa shape index (κ3) is 3.55. The maximum atomic E-state index is 12.7. The molecule has 3 heterocycles. The highest BCUT2D eigenvalue weighted by atomic mass is 35.5. The number of hydrogen-bond acceptors (Lipinski definition) is 6. The predicted molar refractivity (Wildman–Crippen MR) is 97.3 cm³/mol. The molecule has 136 valence electrons. The average molecular weight is 376 g/mol. The first kappa shape index (κ1) is 17.9. The number of pyridine rings is 1. The van der Waals surface area contributed by atoms with Crippen LogP contribution in [0.5, 0.6) is 0 Å². The topological polar surface area (TPSA) is 89.4 Å². The van der Waals surface area contributed by atoms with E-state index in [2.05, 4.69) is 15.4 Å². The van der Waals surface area contributed by atoms with Crippen LogP contribution >= 0.6 is 11.6 Å². The van der Waals surface area contributed by atoms with Gasteiger partial charge in [-0.1, -0.05) is 11.6 Å². The van der Waals surface area contributed by atoms with E-state index in [4.69, 9.17) is 16.3 Å². The third-order valence-corrected chi connectivity index (χ3v) is 4.12. The third-order valence-electron chi connectivity index (χ3n) is 3.94. The monoisotopic (exact) mass is 375 g/mol. The molecule has 0 aromatic carbocycles. The number of hydrogen-bond donors (Lipinski definition) is 1. The number of anilines is 2. The number of allylic oxidation sites excluding steroid dienone is 1. The molecule has 0 aliphatic carbocycles. The van der Waals surface area contributed by atoms with Crippen molar-refractivity contribution in [2.45, 2.75) is 19.9 Å². The summed E-state index contributed by atoms with van der Waals surface area (Å²) in [6.45, 7) is 4.18. The van der Waals surface area contributed by atoms with Gasteiger partial charge < -0.3 is 15.0 Å². The van der Waals surface area contributed by atoms with E-state index in [1.807, 2.05) is 13.8 Å². The molecule has 2 aromatic rings. The minimum atomic E-state index is -0.334. The summed E-state index contributed by atoms with van der Waals surface area (Å²) in [5.74, 6) is 0.264. The van der Waals surface area contributed by atoms with Gasteiger partial charge in [0.1, 0.15) is 24.4 Å². The molecular weight excluding hydrogens is 358 g/mol. The Bertz CT molecular complexity index is 923. The van der Waals surface area contributed by atoms with Crippen LogP contribution in [0.2, 0.25) is 5.15 Å². The first-order valence-electron chi connectivity index (χ1n) is 7.95. The lowest BCUT2D eigenvalue weighted by molar-refractivity contribution is 0.0596. The Morgan fingerprint density at radius 2 is 2.19 bits per heavy atom. The van der Waals surface area contributed by atoms with Gasteiger partial charge in [0.2, 0.25) is 0 Å². The number of halogens is 1. The largest absolute Gasteiger partial charge is 0.497 e. The second-order valence-electron chi connectivity index (χ2n) is 5.98. The van der Waals surface area contributed by atoms with E-state index in [1.165, 1.54) is 19.3 Å². The van der Waals surface area contributed by atoms with Crippen molar-refractivity contribution < 1.29 is 9.53 Å². The van der Waals surface area contributed by atoms with Crippen LogP contribution in [0.15, 0.2) is 41.1 Å². The van der Waals surface area contributed by atoms with Crippen molar-refractivity contribution in [3.63, 3.8) is 0 Å². The minimum absolute atomic E-state index is 0.0627. The molecule has 1 amide bonds. The number of ether oxygens (including phenoxy) is 1. The summed E-state index contributed by atoms with van der Waals surface area (Å²) < 4.78 is 6.43. The number of nitrogens with one attached hydrogen (secondary N) is 1. The van der Waals surface area contributed by atoms with Crippen molar-refractivity contribution in [2.24, 2.45) is 7.05 Å². The van der Waals surface area contributed by atoms with Gasteiger partial charge in [-0.2, -0.15) is 5.10 Å². The molecule has 3 rings (SSSR count). The average Bonchev–Trinajstić information content (AvgIpc) is 2.59. The molecule has 1 aliphatic rings. The van der Waals surface area contributed by atoms with Crippen molar-refractivity contribution in [1.82, 2.24) is 19.7 Å². The molecule has 1 N–H and O–H groups in total. The second-order valence-corrected chi connectivity index (χ2v) is 6.37. The zero-order valence-corrected chi connectivity index (χ0v) is 15.3. The normalized spacial score (nSPS) is 16.7.